The van der Waals surface area contributed by atoms with Crippen LogP contribution in [0.4, 0.5) is 0 Å². The lowest BCUT2D eigenvalue weighted by molar-refractivity contribution is 0.118. The number of hydrogen-bond acceptors (Lipinski definition) is 1. The van der Waals surface area contributed by atoms with Crippen molar-refractivity contribution in [3.63, 3.8) is 0 Å². The summed E-state index contributed by atoms with van der Waals surface area (Å²) >= 11 is 0. The molecule has 0 heterocycles. The van der Waals surface area contributed by atoms with Crippen LogP contribution in [0.15, 0.2) is 18.2 Å². The van der Waals surface area contributed by atoms with Crippen molar-refractivity contribution >= 4 is 0 Å². The highest BCUT2D eigenvalue weighted by Crippen LogP contribution is 2.44. The predicted octanol–water partition coefficient (Wildman–Crippen LogP) is 4.40. The van der Waals surface area contributed by atoms with Crippen molar-refractivity contribution in [2.24, 2.45) is 5.41 Å². The molecule has 0 amide bonds. The van der Waals surface area contributed by atoms with Gasteiger partial charge in [-0.2, -0.15) is 0 Å². The van der Waals surface area contributed by atoms with E-state index in [1.54, 1.807) is 5.56 Å². The van der Waals surface area contributed by atoms with E-state index >= 15 is 0 Å². The van der Waals surface area contributed by atoms with E-state index < -0.39 is 0 Å². The zero-order valence-electron chi connectivity index (χ0n) is 13.3. The van der Waals surface area contributed by atoms with E-state index in [0.29, 0.717) is 5.41 Å². The largest absolute Gasteiger partial charge is 0.312 e. The molecule has 1 N–H and O–H groups in total. The summed E-state index contributed by atoms with van der Waals surface area (Å²) < 4.78 is 0. The van der Waals surface area contributed by atoms with Crippen LogP contribution in [0.25, 0.3) is 0 Å². The lowest BCUT2D eigenvalue weighted by Crippen LogP contribution is -2.48. The fourth-order valence-electron chi connectivity index (χ4n) is 2.94. The molecule has 1 heteroatoms. The SMILES string of the molecule is Cc1ccc(C)c(CC2(CNC(C)(C)C)CCC2)c1. The van der Waals surface area contributed by atoms with E-state index in [2.05, 4.69) is 58.1 Å². The Hall–Kier alpha value is -0.820. The van der Waals surface area contributed by atoms with Crippen molar-refractivity contribution in [2.75, 3.05) is 6.54 Å². The molecule has 1 aromatic carbocycles. The fourth-order valence-corrected chi connectivity index (χ4v) is 2.94. The molecule has 1 nitrogen and oxygen atoms in total. The maximum atomic E-state index is 3.72. The van der Waals surface area contributed by atoms with Gasteiger partial charge in [-0.25, -0.2) is 0 Å². The van der Waals surface area contributed by atoms with Gasteiger partial charge >= 0.3 is 0 Å². The summed E-state index contributed by atoms with van der Waals surface area (Å²) in [4.78, 5) is 0. The maximum absolute atomic E-state index is 3.72. The Morgan fingerprint density at radius 2 is 1.84 bits per heavy atom. The number of aryl methyl sites for hydroxylation is 2. The summed E-state index contributed by atoms with van der Waals surface area (Å²) in [5.41, 5.74) is 5.12. The summed E-state index contributed by atoms with van der Waals surface area (Å²) in [6.45, 7) is 12.4. The Morgan fingerprint density at radius 3 is 2.37 bits per heavy atom. The number of hydrogen-bond donors (Lipinski definition) is 1. The van der Waals surface area contributed by atoms with Gasteiger partial charge in [-0.15, -0.1) is 0 Å². The van der Waals surface area contributed by atoms with Crippen LogP contribution in [0.1, 0.15) is 56.7 Å². The third-order valence-electron chi connectivity index (χ3n) is 4.48. The Bertz CT molecular complexity index is 435. The van der Waals surface area contributed by atoms with Gasteiger partial charge in [-0.3, -0.25) is 0 Å². The normalized spacial score (nSPS) is 18.2. The van der Waals surface area contributed by atoms with E-state index in [-0.39, 0.29) is 5.54 Å². The highest BCUT2D eigenvalue weighted by Gasteiger charge is 2.37. The maximum Gasteiger partial charge on any atom is 0.00967 e. The van der Waals surface area contributed by atoms with E-state index in [9.17, 15) is 0 Å². The fraction of sp³-hybridized carbons (Fsp3) is 0.667. The summed E-state index contributed by atoms with van der Waals surface area (Å²) in [6.07, 6.45) is 5.40. The van der Waals surface area contributed by atoms with Crippen molar-refractivity contribution in [1.82, 2.24) is 5.32 Å². The minimum Gasteiger partial charge on any atom is -0.312 e. The smallest absolute Gasteiger partial charge is 0.00967 e. The molecule has 1 fully saturated rings. The Balaban J connectivity index is 2.08. The van der Waals surface area contributed by atoms with Gasteiger partial charge in [0.15, 0.2) is 0 Å². The lowest BCUT2D eigenvalue weighted by Gasteiger charge is -2.44. The van der Waals surface area contributed by atoms with Crippen LogP contribution in [-0.2, 0) is 6.42 Å². The monoisotopic (exact) mass is 259 g/mol. The molecular weight excluding hydrogens is 230 g/mol. The van der Waals surface area contributed by atoms with Gasteiger partial charge in [0.25, 0.3) is 0 Å². The zero-order chi connectivity index (χ0) is 14.1. The molecule has 0 radical (unpaired) electrons. The molecule has 1 aromatic rings. The van der Waals surface area contributed by atoms with Gasteiger partial charge in [-0.1, -0.05) is 30.2 Å². The average Bonchev–Trinajstić information content (AvgIpc) is 2.25. The molecule has 0 aliphatic heterocycles. The molecule has 0 saturated heterocycles. The second-order valence-electron chi connectivity index (χ2n) is 7.56. The standard InChI is InChI=1S/C18H29N/c1-14-7-8-15(2)16(11-14)12-18(9-6-10-18)13-19-17(3,4)5/h7-8,11,19H,6,9-10,12-13H2,1-5H3. The zero-order valence-corrected chi connectivity index (χ0v) is 13.3. The summed E-state index contributed by atoms with van der Waals surface area (Å²) in [5, 5.41) is 3.72. The third-order valence-corrected chi connectivity index (χ3v) is 4.48. The molecule has 2 rings (SSSR count). The third kappa shape index (κ3) is 3.82. The van der Waals surface area contributed by atoms with Gasteiger partial charge in [0.05, 0.1) is 0 Å². The van der Waals surface area contributed by atoms with Crippen LogP contribution in [0.3, 0.4) is 0 Å². The highest BCUT2D eigenvalue weighted by molar-refractivity contribution is 5.31. The Kier molecular flexibility index (Phi) is 4.06. The summed E-state index contributed by atoms with van der Waals surface area (Å²) in [6, 6.07) is 6.88. The molecule has 1 aliphatic rings. The van der Waals surface area contributed by atoms with E-state index in [4.69, 9.17) is 0 Å². The molecular formula is C18H29N. The minimum absolute atomic E-state index is 0.226. The first-order chi connectivity index (χ1) is 8.80. The van der Waals surface area contributed by atoms with Crippen molar-refractivity contribution in [1.29, 1.82) is 0 Å². The second-order valence-corrected chi connectivity index (χ2v) is 7.56. The molecule has 0 unspecified atom stereocenters. The molecule has 0 bridgehead atoms. The second kappa shape index (κ2) is 5.28. The predicted molar refractivity (Wildman–Crippen MR) is 83.7 cm³/mol. The van der Waals surface area contributed by atoms with Crippen LogP contribution in [0, 0.1) is 19.3 Å². The molecule has 0 atom stereocenters. The molecule has 106 valence electrons. The first-order valence-electron chi connectivity index (χ1n) is 7.61. The van der Waals surface area contributed by atoms with Gasteiger partial charge < -0.3 is 5.32 Å². The van der Waals surface area contributed by atoms with Gasteiger partial charge in [0.1, 0.15) is 0 Å². The lowest BCUT2D eigenvalue weighted by atomic mass is 9.64. The summed E-state index contributed by atoms with van der Waals surface area (Å²) in [7, 11) is 0. The quantitative estimate of drug-likeness (QED) is 0.845. The van der Waals surface area contributed by atoms with Gasteiger partial charge in [0.2, 0.25) is 0 Å². The van der Waals surface area contributed by atoms with Crippen LogP contribution < -0.4 is 5.32 Å². The van der Waals surface area contributed by atoms with Gasteiger partial charge in [0, 0.05) is 12.1 Å². The van der Waals surface area contributed by atoms with Crippen molar-refractivity contribution in [3.05, 3.63) is 34.9 Å². The van der Waals surface area contributed by atoms with E-state index in [0.717, 1.165) is 6.54 Å². The Morgan fingerprint density at radius 1 is 1.16 bits per heavy atom. The number of rotatable bonds is 4. The minimum atomic E-state index is 0.226. The first kappa shape index (κ1) is 14.6. The van der Waals surface area contributed by atoms with E-state index in [1.165, 1.54) is 36.8 Å². The number of benzene rings is 1. The van der Waals surface area contributed by atoms with Crippen molar-refractivity contribution in [3.8, 4) is 0 Å². The molecule has 0 aromatic heterocycles. The molecule has 0 spiro atoms. The van der Waals surface area contributed by atoms with Crippen molar-refractivity contribution < 1.29 is 0 Å². The van der Waals surface area contributed by atoms with Crippen LogP contribution in [0.2, 0.25) is 0 Å². The van der Waals surface area contributed by atoms with Crippen molar-refractivity contribution in [2.45, 2.75) is 65.8 Å². The van der Waals surface area contributed by atoms with Crippen LogP contribution >= 0.6 is 0 Å². The van der Waals surface area contributed by atoms with Crippen LogP contribution in [0.5, 0.6) is 0 Å². The van der Waals surface area contributed by atoms with E-state index in [1.807, 2.05) is 0 Å². The average molecular weight is 259 g/mol. The number of nitrogens with one attached hydrogen (secondary N) is 1. The molecule has 1 aliphatic carbocycles. The molecule has 1 saturated carbocycles. The highest BCUT2D eigenvalue weighted by atomic mass is 15.0. The van der Waals surface area contributed by atoms with Crippen LogP contribution in [-0.4, -0.2) is 12.1 Å². The van der Waals surface area contributed by atoms with Gasteiger partial charge in [-0.05, 0) is 70.4 Å². The molecule has 19 heavy (non-hydrogen) atoms. The first-order valence-corrected chi connectivity index (χ1v) is 7.61. The summed E-state index contributed by atoms with van der Waals surface area (Å²) in [5.74, 6) is 0. The Labute approximate surface area is 118 Å². The topological polar surface area (TPSA) is 12.0 Å².